The quantitative estimate of drug-likeness (QED) is 0.449. The molecule has 12 heteroatoms. The van der Waals surface area contributed by atoms with Crippen LogP contribution in [0.3, 0.4) is 0 Å². The van der Waals surface area contributed by atoms with Crippen LogP contribution in [-0.2, 0) is 17.5 Å². The summed E-state index contributed by atoms with van der Waals surface area (Å²) in [6.45, 7) is 2.07. The first-order valence-corrected chi connectivity index (χ1v) is 10.2. The van der Waals surface area contributed by atoms with Crippen molar-refractivity contribution in [2.45, 2.75) is 29.2 Å². The highest BCUT2D eigenvalue weighted by Gasteiger charge is 2.33. The number of benzene rings is 1. The van der Waals surface area contributed by atoms with Crippen molar-refractivity contribution in [1.29, 1.82) is 0 Å². The molecule has 0 saturated carbocycles. The standard InChI is InChI=1S/C17H14ClF3N4O2S2/c1-9(14(26)23-10-4-5-13(18)12(7-10)17(19,20)21)28-16-25-24-15(29-16)22-8-11-3-2-6-27-11/h2-7,9H,8H2,1H3,(H,22,24)(H,23,26). The summed E-state index contributed by atoms with van der Waals surface area (Å²) >= 11 is 7.99. The fourth-order valence-electron chi connectivity index (χ4n) is 2.17. The number of nitrogens with one attached hydrogen (secondary N) is 2. The van der Waals surface area contributed by atoms with Gasteiger partial charge in [-0.15, -0.1) is 10.2 Å². The number of carbonyl (C=O) groups excluding carboxylic acids is 1. The van der Waals surface area contributed by atoms with E-state index in [4.69, 9.17) is 16.0 Å². The predicted molar refractivity (Wildman–Crippen MR) is 106 cm³/mol. The normalized spacial score (nSPS) is 12.6. The van der Waals surface area contributed by atoms with Crippen LogP contribution in [0.15, 0.2) is 45.4 Å². The Hall–Kier alpha value is -2.24. The first kappa shape index (κ1) is 21.5. The van der Waals surface area contributed by atoms with Gasteiger partial charge in [-0.1, -0.05) is 34.7 Å². The van der Waals surface area contributed by atoms with E-state index >= 15 is 0 Å². The molecule has 0 fully saturated rings. The molecule has 29 heavy (non-hydrogen) atoms. The molecule has 2 aromatic heterocycles. The molecular weight excluding hydrogens is 449 g/mol. The number of aromatic nitrogens is 2. The van der Waals surface area contributed by atoms with E-state index in [1.165, 1.54) is 17.4 Å². The van der Waals surface area contributed by atoms with Gasteiger partial charge in [0.15, 0.2) is 4.34 Å². The second-order valence-electron chi connectivity index (χ2n) is 5.75. The molecule has 1 atom stereocenters. The van der Waals surface area contributed by atoms with E-state index < -0.39 is 27.9 Å². The molecule has 0 spiro atoms. The van der Waals surface area contributed by atoms with E-state index in [2.05, 4.69) is 20.8 Å². The molecular formula is C17H14ClF3N4O2S2. The minimum absolute atomic E-state index is 0.0113. The molecule has 0 aliphatic rings. The third kappa shape index (κ3) is 5.87. The van der Waals surface area contributed by atoms with Crippen molar-refractivity contribution in [1.82, 2.24) is 10.2 Å². The summed E-state index contributed by atoms with van der Waals surface area (Å²) in [6.07, 6.45) is -3.04. The van der Waals surface area contributed by atoms with E-state index in [9.17, 15) is 18.0 Å². The molecule has 0 bridgehead atoms. The molecule has 3 aromatic rings. The van der Waals surface area contributed by atoms with Crippen LogP contribution in [0.4, 0.5) is 24.0 Å². The van der Waals surface area contributed by atoms with E-state index in [1.807, 2.05) is 6.07 Å². The summed E-state index contributed by atoms with van der Waals surface area (Å²) in [6, 6.07) is 6.81. The van der Waals surface area contributed by atoms with Gasteiger partial charge in [0.05, 0.1) is 28.6 Å². The van der Waals surface area contributed by atoms with Gasteiger partial charge in [0, 0.05) is 5.69 Å². The lowest BCUT2D eigenvalue weighted by Crippen LogP contribution is -2.22. The van der Waals surface area contributed by atoms with Gasteiger partial charge < -0.3 is 15.1 Å². The van der Waals surface area contributed by atoms with Crippen molar-refractivity contribution < 1.29 is 22.4 Å². The maximum absolute atomic E-state index is 12.9. The van der Waals surface area contributed by atoms with Gasteiger partial charge in [0.1, 0.15) is 5.76 Å². The number of furan rings is 1. The minimum atomic E-state index is -4.61. The first-order valence-electron chi connectivity index (χ1n) is 8.16. The van der Waals surface area contributed by atoms with Gasteiger partial charge in [-0.25, -0.2) is 0 Å². The highest BCUT2D eigenvalue weighted by atomic mass is 35.5. The maximum atomic E-state index is 12.9. The Bertz CT molecular complexity index is 979. The topological polar surface area (TPSA) is 80.1 Å². The average molecular weight is 463 g/mol. The number of rotatable bonds is 7. The van der Waals surface area contributed by atoms with Crippen molar-refractivity contribution in [3.05, 3.63) is 52.9 Å². The number of thioether (sulfide) groups is 1. The molecule has 2 N–H and O–H groups in total. The van der Waals surface area contributed by atoms with Crippen molar-refractivity contribution in [3.63, 3.8) is 0 Å². The number of halogens is 4. The van der Waals surface area contributed by atoms with E-state index in [1.54, 1.807) is 19.3 Å². The van der Waals surface area contributed by atoms with Gasteiger partial charge >= 0.3 is 6.18 Å². The molecule has 3 rings (SSSR count). The lowest BCUT2D eigenvalue weighted by Gasteiger charge is -2.13. The Morgan fingerprint density at radius 1 is 1.34 bits per heavy atom. The summed E-state index contributed by atoms with van der Waals surface area (Å²) < 4.78 is 44.6. The third-order valence-electron chi connectivity index (χ3n) is 3.59. The maximum Gasteiger partial charge on any atom is 0.417 e. The molecule has 154 valence electrons. The largest absolute Gasteiger partial charge is 0.467 e. The van der Waals surface area contributed by atoms with Crippen LogP contribution in [0.25, 0.3) is 0 Å². The first-order chi connectivity index (χ1) is 13.7. The van der Waals surface area contributed by atoms with Crippen molar-refractivity contribution in [3.8, 4) is 0 Å². The Labute approximate surface area is 176 Å². The highest BCUT2D eigenvalue weighted by molar-refractivity contribution is 8.02. The van der Waals surface area contributed by atoms with Crippen LogP contribution in [0.2, 0.25) is 5.02 Å². The number of carbonyl (C=O) groups is 1. The SMILES string of the molecule is CC(Sc1nnc(NCc2ccco2)s1)C(=O)Nc1ccc(Cl)c(C(F)(F)F)c1. The zero-order valence-corrected chi connectivity index (χ0v) is 17.2. The van der Waals surface area contributed by atoms with E-state index in [-0.39, 0.29) is 5.69 Å². The molecule has 0 aliphatic carbocycles. The molecule has 1 unspecified atom stereocenters. The van der Waals surface area contributed by atoms with Crippen LogP contribution < -0.4 is 10.6 Å². The molecule has 6 nitrogen and oxygen atoms in total. The zero-order chi connectivity index (χ0) is 21.0. The van der Waals surface area contributed by atoms with Gasteiger partial charge in [0.25, 0.3) is 0 Å². The molecule has 1 aromatic carbocycles. The van der Waals surface area contributed by atoms with Crippen molar-refractivity contribution in [2.75, 3.05) is 10.6 Å². The van der Waals surface area contributed by atoms with Crippen LogP contribution in [0.5, 0.6) is 0 Å². The Kier molecular flexibility index (Phi) is 6.70. The highest BCUT2D eigenvalue weighted by Crippen LogP contribution is 2.36. The Balaban J connectivity index is 1.57. The third-order valence-corrected chi connectivity index (χ3v) is 5.98. The molecule has 0 aliphatic heterocycles. The fraction of sp³-hybridized carbons (Fsp3) is 0.235. The van der Waals surface area contributed by atoms with Gasteiger partial charge in [-0.2, -0.15) is 13.2 Å². The average Bonchev–Trinajstić information content (AvgIpc) is 3.32. The Morgan fingerprint density at radius 3 is 2.83 bits per heavy atom. The smallest absolute Gasteiger partial charge is 0.417 e. The second kappa shape index (κ2) is 9.06. The number of amides is 1. The summed E-state index contributed by atoms with van der Waals surface area (Å²) in [5, 5.41) is 13.0. The predicted octanol–water partition coefficient (Wildman–Crippen LogP) is 5.53. The van der Waals surface area contributed by atoms with Crippen LogP contribution in [0.1, 0.15) is 18.2 Å². The number of anilines is 2. The van der Waals surface area contributed by atoms with Crippen LogP contribution in [0, 0.1) is 0 Å². The van der Waals surface area contributed by atoms with Crippen LogP contribution in [-0.4, -0.2) is 21.4 Å². The summed E-state index contributed by atoms with van der Waals surface area (Å²) in [7, 11) is 0. The molecule has 0 radical (unpaired) electrons. The van der Waals surface area contributed by atoms with Gasteiger partial charge in [-0.05, 0) is 37.3 Å². The molecule has 0 saturated heterocycles. The number of hydrogen-bond acceptors (Lipinski definition) is 7. The van der Waals surface area contributed by atoms with Gasteiger partial charge in [-0.3, -0.25) is 4.79 Å². The Morgan fingerprint density at radius 2 is 2.14 bits per heavy atom. The van der Waals surface area contributed by atoms with Gasteiger partial charge in [0.2, 0.25) is 11.0 Å². The zero-order valence-electron chi connectivity index (χ0n) is 14.8. The van der Waals surface area contributed by atoms with E-state index in [0.29, 0.717) is 16.0 Å². The summed E-state index contributed by atoms with van der Waals surface area (Å²) in [5.41, 5.74) is -0.995. The monoisotopic (exact) mass is 462 g/mol. The number of nitrogens with zero attached hydrogens (tertiary/aromatic N) is 2. The number of alkyl halides is 3. The van der Waals surface area contributed by atoms with Crippen molar-refractivity contribution >= 4 is 51.4 Å². The number of hydrogen-bond donors (Lipinski definition) is 2. The molecule has 2 heterocycles. The lowest BCUT2D eigenvalue weighted by molar-refractivity contribution is -0.137. The lowest BCUT2D eigenvalue weighted by atomic mass is 10.2. The second-order valence-corrected chi connectivity index (χ2v) is 8.72. The minimum Gasteiger partial charge on any atom is -0.467 e. The van der Waals surface area contributed by atoms with Crippen LogP contribution >= 0.6 is 34.7 Å². The summed E-state index contributed by atoms with van der Waals surface area (Å²) in [4.78, 5) is 12.3. The van der Waals surface area contributed by atoms with E-state index in [0.717, 1.165) is 29.7 Å². The summed E-state index contributed by atoms with van der Waals surface area (Å²) in [5.74, 6) is 0.272. The fourth-order valence-corrected chi connectivity index (χ4v) is 4.29. The molecule has 1 amide bonds. The van der Waals surface area contributed by atoms with Crippen molar-refractivity contribution in [2.24, 2.45) is 0 Å².